The average molecular weight is 391 g/mol. The number of ether oxygens (including phenoxy) is 1. The van der Waals surface area contributed by atoms with E-state index in [1.54, 1.807) is 35.2 Å². The molecule has 0 spiro atoms. The van der Waals surface area contributed by atoms with Gasteiger partial charge < -0.3 is 9.64 Å². The number of piperidine rings is 1. The molecule has 0 unspecified atom stereocenters. The standard InChI is InChI=1S/C23H21NO5/c1-14-6-5-11-24(12-14)19(25)13-29-23(28)18-10-4-9-17-20(18)22(27)16-8-3-2-7-15(16)21(17)26/h2-4,7-10,14H,5-6,11-13H2,1H3/t14-/m0/s1. The van der Waals surface area contributed by atoms with Gasteiger partial charge in [0.2, 0.25) is 0 Å². The van der Waals surface area contributed by atoms with Crippen molar-refractivity contribution in [2.24, 2.45) is 5.92 Å². The van der Waals surface area contributed by atoms with Gasteiger partial charge in [-0.15, -0.1) is 0 Å². The molecule has 0 bridgehead atoms. The third-order valence-corrected chi connectivity index (χ3v) is 5.51. The maximum absolute atomic E-state index is 13.0. The minimum absolute atomic E-state index is 0.00941. The first-order valence-corrected chi connectivity index (χ1v) is 9.73. The van der Waals surface area contributed by atoms with Crippen molar-refractivity contribution in [2.45, 2.75) is 19.8 Å². The number of carbonyl (C=O) groups excluding carboxylic acids is 4. The van der Waals surface area contributed by atoms with E-state index in [1.165, 1.54) is 12.1 Å². The third-order valence-electron chi connectivity index (χ3n) is 5.51. The van der Waals surface area contributed by atoms with E-state index >= 15 is 0 Å². The molecule has 1 heterocycles. The first-order chi connectivity index (χ1) is 14.0. The van der Waals surface area contributed by atoms with Crippen LogP contribution in [0.5, 0.6) is 0 Å². The molecule has 1 fully saturated rings. The lowest BCUT2D eigenvalue weighted by molar-refractivity contribution is -0.136. The fraction of sp³-hybridized carbons (Fsp3) is 0.304. The largest absolute Gasteiger partial charge is 0.452 e. The highest BCUT2D eigenvalue weighted by Gasteiger charge is 2.33. The molecule has 0 saturated carbocycles. The second kappa shape index (κ2) is 7.62. The number of ketones is 2. The zero-order valence-corrected chi connectivity index (χ0v) is 16.1. The van der Waals surface area contributed by atoms with Gasteiger partial charge in [0.05, 0.1) is 5.56 Å². The van der Waals surface area contributed by atoms with Crippen LogP contribution < -0.4 is 0 Å². The first-order valence-electron chi connectivity index (χ1n) is 9.73. The predicted octanol–water partition coefficient (Wildman–Crippen LogP) is 2.88. The van der Waals surface area contributed by atoms with Crippen LogP contribution in [0.25, 0.3) is 0 Å². The Morgan fingerprint density at radius 3 is 2.41 bits per heavy atom. The van der Waals surface area contributed by atoms with Gasteiger partial charge in [0.25, 0.3) is 5.91 Å². The highest BCUT2D eigenvalue weighted by atomic mass is 16.5. The normalized spacial score (nSPS) is 18.1. The van der Waals surface area contributed by atoms with Crippen molar-refractivity contribution in [1.29, 1.82) is 0 Å². The Bertz CT molecular complexity index is 1030. The van der Waals surface area contributed by atoms with Gasteiger partial charge in [0.15, 0.2) is 18.2 Å². The molecule has 2 aromatic rings. The molecule has 4 rings (SSSR count). The number of esters is 1. The highest BCUT2D eigenvalue weighted by Crippen LogP contribution is 2.29. The van der Waals surface area contributed by atoms with Crippen LogP contribution in [-0.4, -0.2) is 48.0 Å². The van der Waals surface area contributed by atoms with Crippen molar-refractivity contribution in [3.63, 3.8) is 0 Å². The van der Waals surface area contributed by atoms with Crippen LogP contribution in [0.4, 0.5) is 0 Å². The Balaban J connectivity index is 1.55. The molecule has 1 aliphatic heterocycles. The van der Waals surface area contributed by atoms with E-state index in [-0.39, 0.29) is 46.3 Å². The molecular weight excluding hydrogens is 370 g/mol. The molecular formula is C23H21NO5. The Morgan fingerprint density at radius 2 is 1.69 bits per heavy atom. The van der Waals surface area contributed by atoms with Crippen LogP contribution in [-0.2, 0) is 9.53 Å². The SMILES string of the molecule is C[C@H]1CCCN(C(=O)COC(=O)c2cccc3c2C(=O)c2ccccc2C3=O)C1. The summed E-state index contributed by atoms with van der Waals surface area (Å²) < 4.78 is 5.22. The van der Waals surface area contributed by atoms with Crippen LogP contribution in [0.2, 0.25) is 0 Å². The van der Waals surface area contributed by atoms with Gasteiger partial charge in [0.1, 0.15) is 0 Å². The second-order valence-electron chi connectivity index (χ2n) is 7.60. The number of likely N-dealkylation sites (tertiary alicyclic amines) is 1. The predicted molar refractivity (Wildman–Crippen MR) is 105 cm³/mol. The van der Waals surface area contributed by atoms with Gasteiger partial charge in [-0.3, -0.25) is 14.4 Å². The first kappa shape index (κ1) is 19.1. The summed E-state index contributed by atoms with van der Waals surface area (Å²) in [6.45, 7) is 3.02. The van der Waals surface area contributed by atoms with Crippen molar-refractivity contribution < 1.29 is 23.9 Å². The molecule has 6 nitrogen and oxygen atoms in total. The molecule has 6 heteroatoms. The minimum Gasteiger partial charge on any atom is -0.452 e. The molecule has 1 amide bonds. The summed E-state index contributed by atoms with van der Waals surface area (Å²) in [7, 11) is 0. The van der Waals surface area contributed by atoms with Crippen LogP contribution in [0.15, 0.2) is 42.5 Å². The summed E-state index contributed by atoms with van der Waals surface area (Å²) in [4.78, 5) is 52.5. The Hall–Kier alpha value is -3.28. The highest BCUT2D eigenvalue weighted by molar-refractivity contribution is 6.30. The van der Waals surface area contributed by atoms with E-state index in [1.807, 2.05) is 0 Å². The number of hydrogen-bond acceptors (Lipinski definition) is 5. The van der Waals surface area contributed by atoms with Gasteiger partial charge in [-0.25, -0.2) is 4.79 Å². The smallest absolute Gasteiger partial charge is 0.339 e. The molecule has 0 aromatic heterocycles. The van der Waals surface area contributed by atoms with Gasteiger partial charge in [-0.1, -0.05) is 43.3 Å². The summed E-state index contributed by atoms with van der Waals surface area (Å²) in [6, 6.07) is 11.1. The van der Waals surface area contributed by atoms with Crippen molar-refractivity contribution in [3.05, 3.63) is 70.3 Å². The molecule has 1 aliphatic carbocycles. The number of nitrogens with zero attached hydrogens (tertiary/aromatic N) is 1. The maximum Gasteiger partial charge on any atom is 0.339 e. The second-order valence-corrected chi connectivity index (χ2v) is 7.60. The summed E-state index contributed by atoms with van der Waals surface area (Å²) in [5, 5.41) is 0. The Morgan fingerprint density at radius 1 is 1.00 bits per heavy atom. The van der Waals surface area contributed by atoms with Crippen molar-refractivity contribution in [3.8, 4) is 0 Å². The number of carbonyl (C=O) groups is 4. The molecule has 1 saturated heterocycles. The lowest BCUT2D eigenvalue weighted by atomic mass is 9.82. The summed E-state index contributed by atoms with van der Waals surface area (Å²) in [5.74, 6) is -1.29. The third kappa shape index (κ3) is 3.46. The van der Waals surface area contributed by atoms with E-state index < -0.39 is 5.97 Å². The van der Waals surface area contributed by atoms with Crippen molar-refractivity contribution in [2.75, 3.05) is 19.7 Å². The zero-order chi connectivity index (χ0) is 20.5. The Kier molecular flexibility index (Phi) is 5.01. The van der Waals surface area contributed by atoms with Crippen LogP contribution in [0.1, 0.15) is 62.0 Å². The fourth-order valence-corrected chi connectivity index (χ4v) is 4.03. The molecule has 2 aliphatic rings. The number of rotatable bonds is 3. The van der Waals surface area contributed by atoms with Crippen LogP contribution in [0, 0.1) is 5.92 Å². The van der Waals surface area contributed by atoms with E-state index in [9.17, 15) is 19.2 Å². The quantitative estimate of drug-likeness (QED) is 0.642. The topological polar surface area (TPSA) is 80.8 Å². The molecule has 2 aromatic carbocycles. The number of benzene rings is 2. The lowest BCUT2D eigenvalue weighted by Gasteiger charge is -2.30. The van der Waals surface area contributed by atoms with Crippen LogP contribution >= 0.6 is 0 Å². The van der Waals surface area contributed by atoms with Gasteiger partial charge in [0, 0.05) is 35.3 Å². The monoisotopic (exact) mass is 391 g/mol. The van der Waals surface area contributed by atoms with E-state index in [2.05, 4.69) is 6.92 Å². The van der Waals surface area contributed by atoms with E-state index in [4.69, 9.17) is 4.74 Å². The zero-order valence-electron chi connectivity index (χ0n) is 16.1. The van der Waals surface area contributed by atoms with Crippen molar-refractivity contribution >= 4 is 23.4 Å². The van der Waals surface area contributed by atoms with Gasteiger partial charge in [-0.05, 0) is 24.8 Å². The molecule has 1 atom stereocenters. The van der Waals surface area contributed by atoms with Gasteiger partial charge >= 0.3 is 5.97 Å². The summed E-state index contributed by atoms with van der Waals surface area (Å²) in [5.41, 5.74) is 0.822. The number of hydrogen-bond donors (Lipinski definition) is 0. The molecule has 29 heavy (non-hydrogen) atoms. The molecule has 148 valence electrons. The fourth-order valence-electron chi connectivity index (χ4n) is 4.03. The number of amides is 1. The summed E-state index contributed by atoms with van der Waals surface area (Å²) in [6.07, 6.45) is 2.01. The minimum atomic E-state index is -0.777. The Labute approximate surface area is 168 Å². The van der Waals surface area contributed by atoms with Gasteiger partial charge in [-0.2, -0.15) is 0 Å². The lowest BCUT2D eigenvalue weighted by Crippen LogP contribution is -2.41. The van der Waals surface area contributed by atoms with E-state index in [0.717, 1.165) is 12.8 Å². The summed E-state index contributed by atoms with van der Waals surface area (Å²) >= 11 is 0. The average Bonchev–Trinajstić information content (AvgIpc) is 2.75. The van der Waals surface area contributed by atoms with E-state index in [0.29, 0.717) is 24.6 Å². The van der Waals surface area contributed by atoms with Crippen LogP contribution in [0.3, 0.4) is 0 Å². The molecule has 0 N–H and O–H groups in total. The molecule has 0 radical (unpaired) electrons. The number of fused-ring (bicyclic) bond motifs is 2. The maximum atomic E-state index is 13.0. The van der Waals surface area contributed by atoms with Crippen molar-refractivity contribution in [1.82, 2.24) is 4.90 Å².